The molecule has 0 saturated carbocycles. The van der Waals surface area contributed by atoms with Gasteiger partial charge in [0.1, 0.15) is 12.4 Å². The van der Waals surface area contributed by atoms with E-state index in [1.807, 2.05) is 42.5 Å². The van der Waals surface area contributed by atoms with Crippen molar-refractivity contribution in [3.63, 3.8) is 0 Å². The highest BCUT2D eigenvalue weighted by atomic mass is 16.5. The van der Waals surface area contributed by atoms with E-state index in [4.69, 9.17) is 14.2 Å². The van der Waals surface area contributed by atoms with Crippen LogP contribution >= 0.6 is 0 Å². The Morgan fingerprint density at radius 1 is 1.15 bits per heavy atom. The van der Waals surface area contributed by atoms with Crippen LogP contribution in [0.1, 0.15) is 24.5 Å². The predicted octanol–water partition coefficient (Wildman–Crippen LogP) is 3.94. The van der Waals surface area contributed by atoms with Crippen molar-refractivity contribution in [3.05, 3.63) is 59.7 Å². The maximum atomic E-state index is 12.0. The lowest BCUT2D eigenvalue weighted by molar-refractivity contribution is -0.144. The molecule has 0 radical (unpaired) electrons. The van der Waals surface area contributed by atoms with E-state index in [0.29, 0.717) is 31.7 Å². The van der Waals surface area contributed by atoms with Crippen LogP contribution in [-0.4, -0.2) is 25.3 Å². The Bertz CT molecular complexity index is 790. The molecule has 142 valence electrons. The minimum absolute atomic E-state index is 0.0665. The maximum absolute atomic E-state index is 12.0. The van der Waals surface area contributed by atoms with Crippen molar-refractivity contribution in [2.45, 2.75) is 26.4 Å². The first-order valence-electron chi connectivity index (χ1n) is 9.03. The zero-order valence-corrected chi connectivity index (χ0v) is 15.3. The second-order valence-electron chi connectivity index (χ2n) is 6.40. The number of anilines is 1. The second kappa shape index (κ2) is 9.07. The standard InChI is InChI=1S/C21H23NO5/c1-2-25-20(23)11-16-10-17-12-18(8-9-19(17)26-14-16)22-21(24)27-13-15-6-4-3-5-7-15/h3-9,12,16H,2,10-11,13-14H2,1H3,(H,22,24). The number of carbonyl (C=O) groups is 2. The van der Waals surface area contributed by atoms with Gasteiger partial charge < -0.3 is 14.2 Å². The molecule has 2 aromatic rings. The van der Waals surface area contributed by atoms with Crippen LogP contribution in [0, 0.1) is 5.92 Å². The van der Waals surface area contributed by atoms with Gasteiger partial charge in [-0.2, -0.15) is 0 Å². The lowest BCUT2D eigenvalue weighted by Gasteiger charge is -2.25. The number of hydrogen-bond donors (Lipinski definition) is 1. The molecule has 6 nitrogen and oxygen atoms in total. The van der Waals surface area contributed by atoms with E-state index in [1.54, 1.807) is 13.0 Å². The molecule has 1 atom stereocenters. The number of fused-ring (bicyclic) bond motifs is 1. The SMILES string of the molecule is CCOC(=O)CC1COc2ccc(NC(=O)OCc3ccccc3)cc2C1. The van der Waals surface area contributed by atoms with Crippen LogP contribution in [0.5, 0.6) is 5.75 Å². The first-order chi connectivity index (χ1) is 13.1. The number of hydrogen-bond acceptors (Lipinski definition) is 5. The Balaban J connectivity index is 1.55. The number of carbonyl (C=O) groups excluding carboxylic acids is 2. The number of rotatable bonds is 6. The molecule has 1 amide bonds. The summed E-state index contributed by atoms with van der Waals surface area (Å²) in [6.07, 6.45) is 0.505. The summed E-state index contributed by atoms with van der Waals surface area (Å²) in [6.45, 7) is 2.86. The molecule has 6 heteroatoms. The third-order valence-corrected chi connectivity index (χ3v) is 4.26. The first-order valence-corrected chi connectivity index (χ1v) is 9.03. The Morgan fingerprint density at radius 2 is 1.96 bits per heavy atom. The van der Waals surface area contributed by atoms with Crippen molar-refractivity contribution in [2.24, 2.45) is 5.92 Å². The minimum atomic E-state index is -0.515. The summed E-state index contributed by atoms with van der Waals surface area (Å²) in [4.78, 5) is 23.7. The molecule has 3 rings (SSSR count). The Hall–Kier alpha value is -3.02. The van der Waals surface area contributed by atoms with Crippen molar-refractivity contribution in [1.82, 2.24) is 0 Å². The topological polar surface area (TPSA) is 73.9 Å². The van der Waals surface area contributed by atoms with Crippen LogP contribution in [0.2, 0.25) is 0 Å². The number of ether oxygens (including phenoxy) is 3. The van der Waals surface area contributed by atoms with E-state index >= 15 is 0 Å². The number of nitrogens with one attached hydrogen (secondary N) is 1. The van der Waals surface area contributed by atoms with Gasteiger partial charge in [-0.3, -0.25) is 10.1 Å². The number of esters is 1. The molecular formula is C21H23NO5. The largest absolute Gasteiger partial charge is 0.493 e. The molecule has 1 heterocycles. The van der Waals surface area contributed by atoms with Crippen LogP contribution in [0.3, 0.4) is 0 Å². The Morgan fingerprint density at radius 3 is 2.74 bits per heavy atom. The molecule has 0 bridgehead atoms. The molecular weight excluding hydrogens is 346 g/mol. The Kier molecular flexibility index (Phi) is 6.30. The molecule has 1 aliphatic rings. The quantitative estimate of drug-likeness (QED) is 0.781. The zero-order chi connectivity index (χ0) is 19.1. The predicted molar refractivity (Wildman–Crippen MR) is 101 cm³/mol. The van der Waals surface area contributed by atoms with E-state index in [2.05, 4.69) is 5.32 Å². The fourth-order valence-electron chi connectivity index (χ4n) is 3.00. The smallest absolute Gasteiger partial charge is 0.411 e. The molecule has 1 N–H and O–H groups in total. The summed E-state index contributed by atoms with van der Waals surface area (Å²) in [5.41, 5.74) is 2.51. The van der Waals surface area contributed by atoms with Crippen molar-refractivity contribution < 1.29 is 23.8 Å². The summed E-state index contributed by atoms with van der Waals surface area (Å²) in [5, 5.41) is 2.73. The highest BCUT2D eigenvalue weighted by molar-refractivity contribution is 5.85. The van der Waals surface area contributed by atoms with E-state index < -0.39 is 6.09 Å². The summed E-state index contributed by atoms with van der Waals surface area (Å²) < 4.78 is 16.0. The van der Waals surface area contributed by atoms with Crippen LogP contribution in [0.15, 0.2) is 48.5 Å². The van der Waals surface area contributed by atoms with Crippen molar-refractivity contribution in [3.8, 4) is 5.75 Å². The maximum Gasteiger partial charge on any atom is 0.411 e. The normalized spacial score (nSPS) is 15.2. The summed E-state index contributed by atoms with van der Waals surface area (Å²) in [7, 11) is 0. The van der Waals surface area contributed by atoms with Gasteiger partial charge in [-0.25, -0.2) is 4.79 Å². The van der Waals surface area contributed by atoms with Gasteiger partial charge in [0.2, 0.25) is 0 Å². The van der Waals surface area contributed by atoms with Gasteiger partial charge in [0.05, 0.1) is 19.6 Å². The second-order valence-corrected chi connectivity index (χ2v) is 6.40. The van der Waals surface area contributed by atoms with E-state index in [0.717, 1.165) is 16.9 Å². The van der Waals surface area contributed by atoms with Gasteiger partial charge in [-0.05, 0) is 42.7 Å². The van der Waals surface area contributed by atoms with E-state index in [-0.39, 0.29) is 18.5 Å². The van der Waals surface area contributed by atoms with Crippen LogP contribution in [0.25, 0.3) is 0 Å². The first kappa shape index (κ1) is 18.8. The van der Waals surface area contributed by atoms with Gasteiger partial charge >= 0.3 is 12.1 Å². The van der Waals surface area contributed by atoms with Gasteiger partial charge in [0.25, 0.3) is 0 Å². The summed E-state index contributed by atoms with van der Waals surface area (Å²) in [6, 6.07) is 14.9. The van der Waals surface area contributed by atoms with Crippen molar-refractivity contribution in [1.29, 1.82) is 0 Å². The average molecular weight is 369 g/mol. The van der Waals surface area contributed by atoms with Crippen molar-refractivity contribution >= 4 is 17.7 Å². The van der Waals surface area contributed by atoms with Crippen molar-refractivity contribution in [2.75, 3.05) is 18.5 Å². The lowest BCUT2D eigenvalue weighted by Crippen LogP contribution is -2.24. The highest BCUT2D eigenvalue weighted by Crippen LogP contribution is 2.31. The molecule has 1 unspecified atom stereocenters. The van der Waals surface area contributed by atoms with Gasteiger partial charge in [0, 0.05) is 11.6 Å². The minimum Gasteiger partial charge on any atom is -0.493 e. The monoisotopic (exact) mass is 369 g/mol. The fraction of sp³-hybridized carbons (Fsp3) is 0.333. The Labute approximate surface area is 158 Å². The molecule has 1 aliphatic heterocycles. The van der Waals surface area contributed by atoms with Gasteiger partial charge in [0.15, 0.2) is 0 Å². The molecule has 0 fully saturated rings. The molecule has 0 aromatic heterocycles. The molecule has 0 aliphatic carbocycles. The molecule has 2 aromatic carbocycles. The van der Waals surface area contributed by atoms with E-state index in [1.165, 1.54) is 0 Å². The zero-order valence-electron chi connectivity index (χ0n) is 15.3. The van der Waals surface area contributed by atoms with Crippen LogP contribution in [0.4, 0.5) is 10.5 Å². The summed E-state index contributed by atoms with van der Waals surface area (Å²) >= 11 is 0. The van der Waals surface area contributed by atoms with Crippen LogP contribution < -0.4 is 10.1 Å². The third-order valence-electron chi connectivity index (χ3n) is 4.26. The highest BCUT2D eigenvalue weighted by Gasteiger charge is 2.23. The molecule has 27 heavy (non-hydrogen) atoms. The van der Waals surface area contributed by atoms with Crippen LogP contribution in [-0.2, 0) is 27.3 Å². The molecule has 0 spiro atoms. The van der Waals surface area contributed by atoms with E-state index in [9.17, 15) is 9.59 Å². The number of benzene rings is 2. The van der Waals surface area contributed by atoms with Gasteiger partial charge in [-0.15, -0.1) is 0 Å². The lowest BCUT2D eigenvalue weighted by atomic mass is 9.94. The molecule has 0 saturated heterocycles. The van der Waals surface area contributed by atoms with Gasteiger partial charge in [-0.1, -0.05) is 30.3 Å². The fourth-order valence-corrected chi connectivity index (χ4v) is 3.00. The average Bonchev–Trinajstić information content (AvgIpc) is 2.67. The third kappa shape index (κ3) is 5.48. The summed E-state index contributed by atoms with van der Waals surface area (Å²) in [5.74, 6) is 0.628. The number of amides is 1.